The van der Waals surface area contributed by atoms with E-state index in [1.54, 1.807) is 24.1 Å². The molecule has 0 radical (unpaired) electrons. The predicted octanol–water partition coefficient (Wildman–Crippen LogP) is 4.11. The molecule has 5 rings (SSSR count). The molecule has 1 aromatic carbocycles. The molecule has 2 aromatic heterocycles. The molecule has 34 heavy (non-hydrogen) atoms. The zero-order chi connectivity index (χ0) is 23.9. The summed E-state index contributed by atoms with van der Waals surface area (Å²) in [5, 5.41) is 7.00. The van der Waals surface area contributed by atoms with Gasteiger partial charge in [0.05, 0.1) is 25.6 Å². The van der Waals surface area contributed by atoms with E-state index in [0.717, 1.165) is 16.1 Å². The van der Waals surface area contributed by atoms with Crippen molar-refractivity contribution in [3.05, 3.63) is 60.2 Å². The molecule has 1 N–H and O–H groups in total. The topological polar surface area (TPSA) is 75.8 Å². The van der Waals surface area contributed by atoms with Crippen molar-refractivity contribution in [1.82, 2.24) is 14.7 Å². The first-order valence-corrected chi connectivity index (χ1v) is 11.0. The molecular weight excluding hydrogens is 451 g/mol. The zero-order valence-electron chi connectivity index (χ0n) is 18.5. The van der Waals surface area contributed by atoms with Crippen molar-refractivity contribution in [2.24, 2.45) is 0 Å². The van der Waals surface area contributed by atoms with E-state index < -0.39 is 18.3 Å². The molecule has 0 aliphatic carbocycles. The Morgan fingerprint density at radius 1 is 1.18 bits per heavy atom. The summed E-state index contributed by atoms with van der Waals surface area (Å²) in [5.41, 5.74) is 1.12. The van der Waals surface area contributed by atoms with Gasteiger partial charge in [-0.2, -0.15) is 18.3 Å². The third-order valence-electron chi connectivity index (χ3n) is 6.34. The minimum absolute atomic E-state index is 0.0650. The summed E-state index contributed by atoms with van der Waals surface area (Å²) in [4.78, 5) is 17.1. The maximum Gasteiger partial charge on any atom is 0.410 e. The molecule has 2 aliphatic heterocycles. The van der Waals surface area contributed by atoms with Crippen molar-refractivity contribution >= 4 is 17.4 Å². The number of piperazine rings is 1. The first-order chi connectivity index (χ1) is 16.3. The van der Waals surface area contributed by atoms with Crippen LogP contribution in [0.5, 0.6) is 5.75 Å². The standard InChI is InChI=1S/C23H24F3N5O3/c1-33-16-5-2-4-15(12-16)29-7-9-30(10-8-29)22(32)17-14-27-31-20(23(24,25)26)13-18(28-21(17)31)19-6-3-11-34-19/h2-6,11-12,14,18,20,28H,7-10,13H2,1H3/t18-,20-/m1/s1. The second-order valence-electron chi connectivity index (χ2n) is 8.34. The highest BCUT2D eigenvalue weighted by Crippen LogP contribution is 2.44. The number of nitrogens with one attached hydrogen (secondary N) is 1. The number of methoxy groups -OCH3 is 1. The fourth-order valence-electron chi connectivity index (χ4n) is 4.54. The highest BCUT2D eigenvalue weighted by atomic mass is 19.4. The number of anilines is 2. The molecule has 1 saturated heterocycles. The molecule has 11 heteroatoms. The highest BCUT2D eigenvalue weighted by Gasteiger charge is 2.48. The summed E-state index contributed by atoms with van der Waals surface area (Å²) in [6.45, 7) is 2.06. The second-order valence-corrected chi connectivity index (χ2v) is 8.34. The van der Waals surface area contributed by atoms with E-state index in [2.05, 4.69) is 15.3 Å². The number of halogens is 3. The maximum atomic E-state index is 13.8. The van der Waals surface area contributed by atoms with Crippen molar-refractivity contribution in [3.8, 4) is 5.75 Å². The number of carbonyl (C=O) groups excluding carboxylic acids is 1. The number of ether oxygens (including phenoxy) is 1. The van der Waals surface area contributed by atoms with Crippen molar-refractivity contribution < 1.29 is 27.1 Å². The number of hydrogen-bond acceptors (Lipinski definition) is 6. The Morgan fingerprint density at radius 2 is 1.97 bits per heavy atom. The number of amides is 1. The lowest BCUT2D eigenvalue weighted by molar-refractivity contribution is -0.174. The van der Waals surface area contributed by atoms with Crippen LogP contribution >= 0.6 is 0 Å². The highest BCUT2D eigenvalue weighted by molar-refractivity contribution is 5.99. The second kappa shape index (κ2) is 8.62. The molecule has 1 fully saturated rings. The van der Waals surface area contributed by atoms with Crippen LogP contribution in [-0.4, -0.2) is 60.1 Å². The lowest BCUT2D eigenvalue weighted by Gasteiger charge is -2.37. The SMILES string of the molecule is COc1cccc(N2CCN(C(=O)c3cnn4c3N[C@@H](c3ccco3)C[C@@H]4C(F)(F)F)CC2)c1. The Bertz CT molecular complexity index is 1150. The molecule has 2 aliphatic rings. The third-order valence-corrected chi connectivity index (χ3v) is 6.34. The summed E-state index contributed by atoms with van der Waals surface area (Å²) in [6, 6.07) is 8.35. The number of aromatic nitrogens is 2. The molecule has 8 nitrogen and oxygen atoms in total. The summed E-state index contributed by atoms with van der Waals surface area (Å²) in [7, 11) is 1.61. The van der Waals surface area contributed by atoms with E-state index in [9.17, 15) is 18.0 Å². The largest absolute Gasteiger partial charge is 0.497 e. The van der Waals surface area contributed by atoms with E-state index in [0.29, 0.717) is 31.9 Å². The van der Waals surface area contributed by atoms with Crippen LogP contribution in [0.3, 0.4) is 0 Å². The number of fused-ring (bicyclic) bond motifs is 1. The van der Waals surface area contributed by atoms with Crippen LogP contribution in [0.2, 0.25) is 0 Å². The molecular formula is C23H24F3N5O3. The van der Waals surface area contributed by atoms with Gasteiger partial charge in [0.25, 0.3) is 5.91 Å². The summed E-state index contributed by atoms with van der Waals surface area (Å²) in [5.74, 6) is 0.848. The van der Waals surface area contributed by atoms with Crippen LogP contribution in [0.4, 0.5) is 24.7 Å². The Labute approximate surface area is 193 Å². The van der Waals surface area contributed by atoms with Crippen LogP contribution in [0.15, 0.2) is 53.3 Å². The van der Waals surface area contributed by atoms with Gasteiger partial charge in [-0.25, -0.2) is 4.68 Å². The Morgan fingerprint density at radius 3 is 2.65 bits per heavy atom. The van der Waals surface area contributed by atoms with Crippen molar-refractivity contribution in [1.29, 1.82) is 0 Å². The Hall–Kier alpha value is -3.63. The number of benzene rings is 1. The van der Waals surface area contributed by atoms with Crippen LogP contribution in [0.1, 0.15) is 34.6 Å². The third kappa shape index (κ3) is 4.06. The number of nitrogens with zero attached hydrogens (tertiary/aromatic N) is 4. The quantitative estimate of drug-likeness (QED) is 0.612. The lowest BCUT2D eigenvalue weighted by Crippen LogP contribution is -2.49. The van der Waals surface area contributed by atoms with Crippen LogP contribution < -0.4 is 15.0 Å². The molecule has 0 saturated carbocycles. The molecule has 0 spiro atoms. The van der Waals surface area contributed by atoms with Crippen molar-refractivity contribution in [3.63, 3.8) is 0 Å². The Kier molecular flexibility index (Phi) is 5.62. The van der Waals surface area contributed by atoms with Gasteiger partial charge in [0.1, 0.15) is 22.9 Å². The summed E-state index contributed by atoms with van der Waals surface area (Å²) >= 11 is 0. The normalized spacial score (nSPS) is 20.6. The van der Waals surface area contributed by atoms with E-state index in [4.69, 9.17) is 9.15 Å². The van der Waals surface area contributed by atoms with Gasteiger partial charge in [-0.05, 0) is 24.3 Å². The summed E-state index contributed by atoms with van der Waals surface area (Å²) in [6.07, 6.45) is -2.16. The van der Waals surface area contributed by atoms with Gasteiger partial charge in [-0.3, -0.25) is 4.79 Å². The van der Waals surface area contributed by atoms with Crippen LogP contribution in [-0.2, 0) is 0 Å². The molecule has 1 amide bonds. The van der Waals surface area contributed by atoms with Crippen molar-refractivity contribution in [2.45, 2.75) is 24.7 Å². The average molecular weight is 475 g/mol. The van der Waals surface area contributed by atoms with Gasteiger partial charge >= 0.3 is 6.18 Å². The van der Waals surface area contributed by atoms with E-state index in [1.807, 2.05) is 24.3 Å². The van der Waals surface area contributed by atoms with Crippen molar-refractivity contribution in [2.75, 3.05) is 43.5 Å². The molecule has 180 valence electrons. The number of carbonyl (C=O) groups is 1. The molecule has 0 bridgehead atoms. The maximum absolute atomic E-state index is 13.8. The van der Waals surface area contributed by atoms with Gasteiger partial charge in [0.15, 0.2) is 6.04 Å². The molecule has 2 atom stereocenters. The minimum Gasteiger partial charge on any atom is -0.497 e. The van der Waals surface area contributed by atoms with Gasteiger partial charge < -0.3 is 24.3 Å². The fraction of sp³-hybridized carbons (Fsp3) is 0.391. The van der Waals surface area contributed by atoms with E-state index >= 15 is 0 Å². The zero-order valence-corrected chi connectivity index (χ0v) is 18.5. The minimum atomic E-state index is -4.52. The molecule has 3 aromatic rings. The number of hydrogen-bond donors (Lipinski definition) is 1. The number of furan rings is 1. The van der Waals surface area contributed by atoms with Crippen LogP contribution in [0.25, 0.3) is 0 Å². The molecule has 0 unspecified atom stereocenters. The predicted molar refractivity (Wildman–Crippen MR) is 118 cm³/mol. The average Bonchev–Trinajstić information content (AvgIpc) is 3.53. The van der Waals surface area contributed by atoms with E-state index in [-0.39, 0.29) is 23.7 Å². The first-order valence-electron chi connectivity index (χ1n) is 11.0. The number of alkyl halides is 3. The number of rotatable bonds is 4. The van der Waals surface area contributed by atoms with Crippen LogP contribution in [0, 0.1) is 0 Å². The Balaban J connectivity index is 1.35. The van der Waals surface area contributed by atoms with Gasteiger partial charge in [0.2, 0.25) is 0 Å². The van der Waals surface area contributed by atoms with Gasteiger partial charge in [-0.15, -0.1) is 0 Å². The lowest BCUT2D eigenvalue weighted by atomic mass is 10.0. The fourth-order valence-corrected chi connectivity index (χ4v) is 4.54. The monoisotopic (exact) mass is 475 g/mol. The summed E-state index contributed by atoms with van der Waals surface area (Å²) < 4.78 is 53.0. The van der Waals surface area contributed by atoms with Gasteiger partial charge in [0, 0.05) is 44.4 Å². The van der Waals surface area contributed by atoms with E-state index in [1.165, 1.54) is 12.5 Å². The van der Waals surface area contributed by atoms with Gasteiger partial charge in [-0.1, -0.05) is 6.07 Å². The first kappa shape index (κ1) is 22.2. The smallest absolute Gasteiger partial charge is 0.410 e. The molecule has 4 heterocycles.